The summed E-state index contributed by atoms with van der Waals surface area (Å²) in [5, 5.41) is 13.3. The number of carbonyl (C=O) groups is 1. The first kappa shape index (κ1) is 21.0. The van der Waals surface area contributed by atoms with Gasteiger partial charge in [-0.2, -0.15) is 0 Å². The molecule has 28 heavy (non-hydrogen) atoms. The molecule has 1 amide bonds. The molecule has 0 aromatic heterocycles. The molecule has 7 heteroatoms. The largest absolute Gasteiger partial charge is 0.493 e. The van der Waals surface area contributed by atoms with Crippen LogP contribution in [0.25, 0.3) is 6.08 Å². The second kappa shape index (κ2) is 10.7. The molecule has 2 aromatic rings. The van der Waals surface area contributed by atoms with E-state index in [9.17, 15) is 14.9 Å². The van der Waals surface area contributed by atoms with Gasteiger partial charge < -0.3 is 14.8 Å². The van der Waals surface area contributed by atoms with Crippen molar-refractivity contribution in [3.63, 3.8) is 0 Å². The van der Waals surface area contributed by atoms with Gasteiger partial charge >= 0.3 is 0 Å². The van der Waals surface area contributed by atoms with Crippen LogP contribution in [-0.4, -0.2) is 24.5 Å². The molecule has 0 atom stereocenters. The number of rotatable bonds is 10. The van der Waals surface area contributed by atoms with E-state index in [0.29, 0.717) is 23.8 Å². The molecule has 0 aliphatic rings. The van der Waals surface area contributed by atoms with Crippen molar-refractivity contribution >= 4 is 23.4 Å². The summed E-state index contributed by atoms with van der Waals surface area (Å²) in [6, 6.07) is 11.1. The molecule has 0 heterocycles. The zero-order valence-corrected chi connectivity index (χ0v) is 16.0. The Morgan fingerprint density at radius 1 is 1.14 bits per heavy atom. The maximum atomic E-state index is 12.0. The number of unbranched alkanes of at least 4 members (excludes halogenated alkanes) is 2. The van der Waals surface area contributed by atoms with E-state index in [4.69, 9.17) is 9.47 Å². The van der Waals surface area contributed by atoms with Crippen molar-refractivity contribution in [3.05, 3.63) is 64.2 Å². The number of amides is 1. The molecular formula is C21H24N2O5. The highest BCUT2D eigenvalue weighted by Crippen LogP contribution is 2.28. The normalized spacial score (nSPS) is 10.6. The average molecular weight is 384 g/mol. The zero-order chi connectivity index (χ0) is 20.4. The average Bonchev–Trinajstić information content (AvgIpc) is 2.70. The molecule has 0 saturated heterocycles. The Labute approximate surface area is 164 Å². The number of non-ortho nitro benzene ring substituents is 1. The summed E-state index contributed by atoms with van der Waals surface area (Å²) in [5.74, 6) is 0.938. The van der Waals surface area contributed by atoms with E-state index in [-0.39, 0.29) is 11.6 Å². The first-order valence-corrected chi connectivity index (χ1v) is 9.08. The molecular weight excluding hydrogens is 360 g/mol. The van der Waals surface area contributed by atoms with Crippen molar-refractivity contribution in [3.8, 4) is 11.5 Å². The number of nitrogens with one attached hydrogen (secondary N) is 1. The predicted octanol–water partition coefficient (Wildman–Crippen LogP) is 4.82. The molecule has 0 unspecified atom stereocenters. The molecule has 2 rings (SSSR count). The Morgan fingerprint density at radius 3 is 2.54 bits per heavy atom. The first-order chi connectivity index (χ1) is 13.5. The summed E-state index contributed by atoms with van der Waals surface area (Å²) in [5.41, 5.74) is 1.24. The smallest absolute Gasteiger partial charge is 0.269 e. The number of methoxy groups -OCH3 is 1. The van der Waals surface area contributed by atoms with Crippen LogP contribution in [0.5, 0.6) is 11.5 Å². The van der Waals surface area contributed by atoms with Crippen molar-refractivity contribution in [1.82, 2.24) is 0 Å². The third kappa shape index (κ3) is 6.42. The minimum atomic E-state index is -0.490. The summed E-state index contributed by atoms with van der Waals surface area (Å²) >= 11 is 0. The Morgan fingerprint density at radius 2 is 1.89 bits per heavy atom. The molecule has 0 aliphatic heterocycles. The van der Waals surface area contributed by atoms with Crippen molar-refractivity contribution < 1.29 is 19.2 Å². The van der Waals surface area contributed by atoms with Gasteiger partial charge in [-0.3, -0.25) is 14.9 Å². The molecule has 0 radical (unpaired) electrons. The lowest BCUT2D eigenvalue weighted by Crippen LogP contribution is -2.07. The topological polar surface area (TPSA) is 90.7 Å². The van der Waals surface area contributed by atoms with Crippen molar-refractivity contribution in [2.45, 2.75) is 26.2 Å². The Balaban J connectivity index is 1.96. The highest BCUT2D eigenvalue weighted by atomic mass is 16.6. The summed E-state index contributed by atoms with van der Waals surface area (Å²) < 4.78 is 11.1. The number of hydrogen-bond donors (Lipinski definition) is 1. The maximum absolute atomic E-state index is 12.0. The quantitative estimate of drug-likeness (QED) is 0.274. The van der Waals surface area contributed by atoms with Crippen LogP contribution in [0.4, 0.5) is 11.4 Å². The van der Waals surface area contributed by atoms with Crippen LogP contribution in [0.3, 0.4) is 0 Å². The fourth-order valence-electron chi connectivity index (χ4n) is 2.46. The minimum Gasteiger partial charge on any atom is -0.493 e. The maximum Gasteiger partial charge on any atom is 0.269 e. The van der Waals surface area contributed by atoms with Crippen LogP contribution in [0, 0.1) is 10.1 Å². The molecule has 7 nitrogen and oxygen atoms in total. The van der Waals surface area contributed by atoms with E-state index >= 15 is 0 Å². The summed E-state index contributed by atoms with van der Waals surface area (Å²) in [7, 11) is 1.57. The summed E-state index contributed by atoms with van der Waals surface area (Å²) in [4.78, 5) is 22.2. The second-order valence-electron chi connectivity index (χ2n) is 6.09. The minimum absolute atomic E-state index is 0.0300. The Bertz CT molecular complexity index is 831. The van der Waals surface area contributed by atoms with E-state index in [1.54, 1.807) is 19.3 Å². The van der Waals surface area contributed by atoms with Gasteiger partial charge in [0.05, 0.1) is 18.6 Å². The lowest BCUT2D eigenvalue weighted by molar-refractivity contribution is -0.384. The third-order valence-electron chi connectivity index (χ3n) is 3.97. The fraction of sp³-hybridized carbons (Fsp3) is 0.286. The Kier molecular flexibility index (Phi) is 8.02. The van der Waals surface area contributed by atoms with E-state index in [0.717, 1.165) is 24.8 Å². The standard InChI is InChI=1S/C21H24N2O5/c1-3-4-5-14-28-19-12-6-16(15-20(19)27-2)7-13-21(24)22-17-8-10-18(11-9-17)23(25)26/h6-13,15H,3-5,14H2,1-2H3,(H,22,24)/b13-7+. The number of benzene rings is 2. The molecule has 0 bridgehead atoms. The molecule has 0 spiro atoms. The number of nitrogens with zero attached hydrogens (tertiary/aromatic N) is 1. The molecule has 0 aliphatic carbocycles. The van der Waals surface area contributed by atoms with E-state index in [1.165, 1.54) is 30.3 Å². The van der Waals surface area contributed by atoms with Gasteiger partial charge in [0.15, 0.2) is 11.5 Å². The van der Waals surface area contributed by atoms with Crippen molar-refractivity contribution in [2.75, 3.05) is 19.0 Å². The first-order valence-electron chi connectivity index (χ1n) is 9.08. The van der Waals surface area contributed by atoms with E-state index in [1.807, 2.05) is 12.1 Å². The number of carbonyl (C=O) groups excluding carboxylic acids is 1. The number of ether oxygens (including phenoxy) is 2. The predicted molar refractivity (Wildman–Crippen MR) is 109 cm³/mol. The van der Waals surface area contributed by atoms with Crippen LogP contribution in [0.2, 0.25) is 0 Å². The number of nitro groups is 1. The molecule has 148 valence electrons. The van der Waals surface area contributed by atoms with Crippen LogP contribution in [0.1, 0.15) is 31.7 Å². The van der Waals surface area contributed by atoms with Gasteiger partial charge in [-0.15, -0.1) is 0 Å². The lowest BCUT2D eigenvalue weighted by atomic mass is 10.2. The van der Waals surface area contributed by atoms with Gasteiger partial charge in [0.1, 0.15) is 0 Å². The molecule has 0 fully saturated rings. The highest BCUT2D eigenvalue weighted by Gasteiger charge is 2.06. The summed E-state index contributed by atoms with van der Waals surface area (Å²) in [6.07, 6.45) is 6.28. The molecule has 2 aromatic carbocycles. The molecule has 1 N–H and O–H groups in total. The number of anilines is 1. The van der Waals surface area contributed by atoms with Crippen LogP contribution in [-0.2, 0) is 4.79 Å². The van der Waals surface area contributed by atoms with Gasteiger partial charge in [0.25, 0.3) is 5.69 Å². The van der Waals surface area contributed by atoms with Gasteiger partial charge in [-0.1, -0.05) is 25.8 Å². The van der Waals surface area contributed by atoms with E-state index in [2.05, 4.69) is 12.2 Å². The van der Waals surface area contributed by atoms with Gasteiger partial charge in [0.2, 0.25) is 5.91 Å². The SMILES string of the molecule is CCCCCOc1ccc(/C=C/C(=O)Nc2ccc([N+](=O)[O-])cc2)cc1OC. The van der Waals surface area contributed by atoms with Crippen molar-refractivity contribution in [2.24, 2.45) is 0 Å². The zero-order valence-electron chi connectivity index (χ0n) is 16.0. The monoisotopic (exact) mass is 384 g/mol. The lowest BCUT2D eigenvalue weighted by Gasteiger charge is -2.11. The van der Waals surface area contributed by atoms with Crippen LogP contribution < -0.4 is 14.8 Å². The van der Waals surface area contributed by atoms with Gasteiger partial charge in [-0.25, -0.2) is 0 Å². The summed E-state index contributed by atoms with van der Waals surface area (Å²) in [6.45, 7) is 2.77. The van der Waals surface area contributed by atoms with Crippen LogP contribution >= 0.6 is 0 Å². The van der Waals surface area contributed by atoms with Crippen LogP contribution in [0.15, 0.2) is 48.5 Å². The third-order valence-corrected chi connectivity index (χ3v) is 3.97. The fourth-order valence-corrected chi connectivity index (χ4v) is 2.46. The molecule has 0 saturated carbocycles. The Hall–Kier alpha value is -3.35. The highest BCUT2D eigenvalue weighted by molar-refractivity contribution is 6.02. The van der Waals surface area contributed by atoms with Gasteiger partial charge in [-0.05, 0) is 42.3 Å². The van der Waals surface area contributed by atoms with Crippen molar-refractivity contribution in [1.29, 1.82) is 0 Å². The van der Waals surface area contributed by atoms with Gasteiger partial charge in [0, 0.05) is 23.9 Å². The van der Waals surface area contributed by atoms with E-state index < -0.39 is 4.92 Å². The second-order valence-corrected chi connectivity index (χ2v) is 6.09. The number of nitro benzene ring substituents is 1. The number of hydrogen-bond acceptors (Lipinski definition) is 5.